The molecule has 0 aromatic heterocycles. The van der Waals surface area contributed by atoms with Gasteiger partial charge in [-0.1, -0.05) is 23.7 Å². The molecule has 1 amide bonds. The molecule has 5 heteroatoms. The number of likely N-dealkylation sites (N-methyl/N-ethyl adjacent to an activating group) is 1. The van der Waals surface area contributed by atoms with Gasteiger partial charge in [0.2, 0.25) is 5.91 Å². The van der Waals surface area contributed by atoms with Gasteiger partial charge in [-0.15, -0.1) is 0 Å². The molecule has 0 radical (unpaired) electrons. The maximum absolute atomic E-state index is 11.9. The maximum Gasteiger partial charge on any atom is 0.237 e. The largest absolute Gasteiger partial charge is 0.358 e. The lowest BCUT2D eigenvalue weighted by molar-refractivity contribution is -0.125. The summed E-state index contributed by atoms with van der Waals surface area (Å²) in [6.07, 6.45) is 1.92. The Morgan fingerprint density at radius 3 is 2.79 bits per heavy atom. The molecule has 0 spiro atoms. The topological polar surface area (TPSA) is 58.4 Å². The van der Waals surface area contributed by atoms with Crippen molar-refractivity contribution in [2.24, 2.45) is 5.73 Å². The fourth-order valence-electron chi connectivity index (χ4n) is 2.76. The van der Waals surface area contributed by atoms with Crippen molar-refractivity contribution in [3.63, 3.8) is 0 Å². The summed E-state index contributed by atoms with van der Waals surface area (Å²) in [4.78, 5) is 14.1. The summed E-state index contributed by atoms with van der Waals surface area (Å²) >= 11 is 5.91. The van der Waals surface area contributed by atoms with Gasteiger partial charge in [0.1, 0.15) is 0 Å². The number of nitrogens with one attached hydrogen (secondary N) is 1. The van der Waals surface area contributed by atoms with Crippen molar-refractivity contribution < 1.29 is 4.79 Å². The zero-order chi connectivity index (χ0) is 13.8. The summed E-state index contributed by atoms with van der Waals surface area (Å²) in [6, 6.07) is 7.70. The molecule has 1 aliphatic heterocycles. The molecule has 0 saturated carbocycles. The van der Waals surface area contributed by atoms with E-state index in [1.54, 1.807) is 7.05 Å². The van der Waals surface area contributed by atoms with Gasteiger partial charge >= 0.3 is 0 Å². The predicted molar refractivity (Wildman–Crippen MR) is 77.0 cm³/mol. The number of benzene rings is 1. The highest BCUT2D eigenvalue weighted by molar-refractivity contribution is 6.30. The summed E-state index contributed by atoms with van der Waals surface area (Å²) in [5.74, 6) is 0.0740. The van der Waals surface area contributed by atoms with Crippen LogP contribution in [0.15, 0.2) is 24.3 Å². The Hall–Kier alpha value is -1.10. The van der Waals surface area contributed by atoms with Crippen LogP contribution in [0.2, 0.25) is 5.02 Å². The molecule has 2 atom stereocenters. The van der Waals surface area contributed by atoms with Crippen LogP contribution in [-0.4, -0.2) is 37.0 Å². The van der Waals surface area contributed by atoms with Crippen LogP contribution in [0.1, 0.15) is 24.4 Å². The van der Waals surface area contributed by atoms with Gasteiger partial charge in [0, 0.05) is 24.7 Å². The number of carbonyl (C=O) groups excluding carboxylic acids is 1. The normalized spacial score (nSPS) is 21.3. The van der Waals surface area contributed by atoms with Gasteiger partial charge in [0.25, 0.3) is 0 Å². The van der Waals surface area contributed by atoms with E-state index in [-0.39, 0.29) is 18.0 Å². The van der Waals surface area contributed by atoms with Crippen molar-refractivity contribution in [3.05, 3.63) is 34.9 Å². The van der Waals surface area contributed by atoms with E-state index in [1.165, 1.54) is 0 Å². The molecule has 104 valence electrons. The van der Waals surface area contributed by atoms with E-state index >= 15 is 0 Å². The lowest BCUT2D eigenvalue weighted by Crippen LogP contribution is -2.45. The Kier molecular flexibility index (Phi) is 4.80. The fraction of sp³-hybridized carbons (Fsp3) is 0.500. The molecule has 3 N–H and O–H groups in total. The first-order chi connectivity index (χ1) is 9.17. The third kappa shape index (κ3) is 3.08. The molecule has 0 aliphatic carbocycles. The summed E-state index contributed by atoms with van der Waals surface area (Å²) < 4.78 is 0. The summed E-state index contributed by atoms with van der Waals surface area (Å²) in [5.41, 5.74) is 7.03. The van der Waals surface area contributed by atoms with E-state index in [2.05, 4.69) is 10.2 Å². The van der Waals surface area contributed by atoms with Crippen LogP contribution in [0.4, 0.5) is 0 Å². The molecule has 1 fully saturated rings. The molecule has 19 heavy (non-hydrogen) atoms. The smallest absolute Gasteiger partial charge is 0.237 e. The highest BCUT2D eigenvalue weighted by Gasteiger charge is 2.34. The van der Waals surface area contributed by atoms with Crippen LogP contribution in [0.5, 0.6) is 0 Å². The molecule has 1 heterocycles. The Bertz CT molecular complexity index is 435. The quantitative estimate of drug-likeness (QED) is 0.880. The third-order valence-corrected chi connectivity index (χ3v) is 3.97. The molecule has 1 saturated heterocycles. The van der Waals surface area contributed by atoms with E-state index in [4.69, 9.17) is 17.3 Å². The molecule has 1 aromatic carbocycles. The SMILES string of the molecule is CNC(=O)C1CCCN1C(CN)c1ccc(Cl)cc1. The molecule has 2 rings (SSSR count). The molecule has 4 nitrogen and oxygen atoms in total. The number of hydrogen-bond acceptors (Lipinski definition) is 3. The van der Waals surface area contributed by atoms with Gasteiger partial charge in [-0.25, -0.2) is 0 Å². The van der Waals surface area contributed by atoms with E-state index < -0.39 is 0 Å². The Morgan fingerprint density at radius 1 is 1.53 bits per heavy atom. The van der Waals surface area contributed by atoms with Crippen molar-refractivity contribution in [1.29, 1.82) is 0 Å². The number of rotatable bonds is 4. The Morgan fingerprint density at radius 2 is 2.21 bits per heavy atom. The monoisotopic (exact) mass is 281 g/mol. The second-order valence-corrected chi connectivity index (χ2v) is 5.25. The van der Waals surface area contributed by atoms with Gasteiger partial charge in [-0.2, -0.15) is 0 Å². The second-order valence-electron chi connectivity index (χ2n) is 4.81. The Balaban J connectivity index is 2.21. The van der Waals surface area contributed by atoms with Crippen LogP contribution in [-0.2, 0) is 4.79 Å². The van der Waals surface area contributed by atoms with Crippen molar-refractivity contribution in [3.8, 4) is 0 Å². The highest BCUT2D eigenvalue weighted by atomic mass is 35.5. The molecular weight excluding hydrogens is 262 g/mol. The highest BCUT2D eigenvalue weighted by Crippen LogP contribution is 2.29. The number of carbonyl (C=O) groups is 1. The number of halogens is 1. The van der Waals surface area contributed by atoms with Crippen LogP contribution < -0.4 is 11.1 Å². The van der Waals surface area contributed by atoms with Crippen molar-refractivity contribution in [1.82, 2.24) is 10.2 Å². The van der Waals surface area contributed by atoms with Crippen LogP contribution in [0.3, 0.4) is 0 Å². The number of hydrogen-bond donors (Lipinski definition) is 2. The first-order valence-electron chi connectivity index (χ1n) is 6.60. The zero-order valence-electron chi connectivity index (χ0n) is 11.1. The lowest BCUT2D eigenvalue weighted by atomic mass is 10.0. The van der Waals surface area contributed by atoms with Crippen molar-refractivity contribution >= 4 is 17.5 Å². The summed E-state index contributed by atoms with van der Waals surface area (Å²) in [5, 5.41) is 3.45. The third-order valence-electron chi connectivity index (χ3n) is 3.72. The molecule has 0 bridgehead atoms. The van der Waals surface area contributed by atoms with Gasteiger partial charge in [0.05, 0.1) is 6.04 Å². The van der Waals surface area contributed by atoms with Gasteiger partial charge < -0.3 is 11.1 Å². The Labute approximate surface area is 118 Å². The number of likely N-dealkylation sites (tertiary alicyclic amines) is 1. The molecule has 1 aromatic rings. The maximum atomic E-state index is 11.9. The van der Waals surface area contributed by atoms with E-state index in [0.29, 0.717) is 11.6 Å². The molecule has 2 unspecified atom stereocenters. The molecule has 1 aliphatic rings. The van der Waals surface area contributed by atoms with Crippen LogP contribution in [0, 0.1) is 0 Å². The lowest BCUT2D eigenvalue weighted by Gasteiger charge is -2.31. The van der Waals surface area contributed by atoms with Crippen molar-refractivity contribution in [2.45, 2.75) is 24.9 Å². The molecular formula is C14H20ClN3O. The van der Waals surface area contributed by atoms with E-state index in [9.17, 15) is 4.79 Å². The van der Waals surface area contributed by atoms with Crippen LogP contribution in [0.25, 0.3) is 0 Å². The standard InChI is InChI=1S/C14H20ClN3O/c1-17-14(19)12-3-2-8-18(12)13(9-16)10-4-6-11(15)7-5-10/h4-7,12-13H,2-3,8-9,16H2,1H3,(H,17,19). The average molecular weight is 282 g/mol. The van der Waals surface area contributed by atoms with Gasteiger partial charge in [-0.05, 0) is 37.1 Å². The number of nitrogens with zero attached hydrogens (tertiary/aromatic N) is 1. The van der Waals surface area contributed by atoms with E-state index in [0.717, 1.165) is 24.9 Å². The van der Waals surface area contributed by atoms with Gasteiger partial charge in [0.15, 0.2) is 0 Å². The first kappa shape index (κ1) is 14.3. The fourth-order valence-corrected chi connectivity index (χ4v) is 2.88. The van der Waals surface area contributed by atoms with Crippen LogP contribution >= 0.6 is 11.6 Å². The minimum absolute atomic E-state index is 0.0714. The number of amides is 1. The summed E-state index contributed by atoms with van der Waals surface area (Å²) in [7, 11) is 1.68. The zero-order valence-corrected chi connectivity index (χ0v) is 11.9. The minimum Gasteiger partial charge on any atom is -0.358 e. The first-order valence-corrected chi connectivity index (χ1v) is 6.98. The van der Waals surface area contributed by atoms with E-state index in [1.807, 2.05) is 24.3 Å². The minimum atomic E-state index is -0.0748. The predicted octanol–water partition coefficient (Wildman–Crippen LogP) is 1.55. The summed E-state index contributed by atoms with van der Waals surface area (Å²) in [6.45, 7) is 1.40. The number of nitrogens with two attached hydrogens (primary N) is 1. The van der Waals surface area contributed by atoms with Crippen molar-refractivity contribution in [2.75, 3.05) is 20.1 Å². The second kappa shape index (κ2) is 6.37. The van der Waals surface area contributed by atoms with Gasteiger partial charge in [-0.3, -0.25) is 9.69 Å². The average Bonchev–Trinajstić information content (AvgIpc) is 2.90.